The fourth-order valence-corrected chi connectivity index (χ4v) is 3.42. The van der Waals surface area contributed by atoms with E-state index >= 15 is 0 Å². The van der Waals surface area contributed by atoms with Crippen LogP contribution in [0.15, 0.2) is 42.5 Å². The van der Waals surface area contributed by atoms with Gasteiger partial charge in [-0.1, -0.05) is 35.3 Å². The van der Waals surface area contributed by atoms with Gasteiger partial charge in [0.05, 0.1) is 22.3 Å². The van der Waals surface area contributed by atoms with Gasteiger partial charge < -0.3 is 10.2 Å². The standard InChI is InChI=1S/C17H15Cl2F3N2/c18-13-5-6-15(14(19)9-13)24-8-7-23-10-16(24)11-1-3-12(4-2-11)17(20,21)22/h1-6,9,16,23H,7-8,10H2. The molecular formula is C17H15Cl2F3N2. The molecule has 1 unspecified atom stereocenters. The molecule has 1 saturated heterocycles. The smallest absolute Gasteiger partial charge is 0.361 e. The van der Waals surface area contributed by atoms with Crippen LogP contribution in [0.2, 0.25) is 10.0 Å². The summed E-state index contributed by atoms with van der Waals surface area (Å²) in [4.78, 5) is 2.09. The van der Waals surface area contributed by atoms with E-state index < -0.39 is 11.7 Å². The predicted molar refractivity (Wildman–Crippen MR) is 90.9 cm³/mol. The first-order chi connectivity index (χ1) is 11.4. The van der Waals surface area contributed by atoms with E-state index in [9.17, 15) is 13.2 Å². The first kappa shape index (κ1) is 17.4. The lowest BCUT2D eigenvalue weighted by atomic mass is 10.0. The molecular weight excluding hydrogens is 360 g/mol. The van der Waals surface area contributed by atoms with Gasteiger partial charge in [-0.2, -0.15) is 13.2 Å². The largest absolute Gasteiger partial charge is 0.416 e. The third-order valence-corrected chi connectivity index (χ3v) is 4.62. The van der Waals surface area contributed by atoms with E-state index in [1.807, 2.05) is 6.07 Å². The normalized spacial score (nSPS) is 18.7. The molecule has 0 aliphatic carbocycles. The van der Waals surface area contributed by atoms with E-state index in [2.05, 4.69) is 10.2 Å². The van der Waals surface area contributed by atoms with Crippen LogP contribution in [-0.4, -0.2) is 19.6 Å². The van der Waals surface area contributed by atoms with E-state index in [-0.39, 0.29) is 6.04 Å². The number of nitrogens with zero attached hydrogens (tertiary/aromatic N) is 1. The second kappa shape index (κ2) is 6.82. The quantitative estimate of drug-likeness (QED) is 0.780. The molecule has 0 bridgehead atoms. The molecule has 1 aliphatic rings. The highest BCUT2D eigenvalue weighted by molar-refractivity contribution is 6.36. The summed E-state index contributed by atoms with van der Waals surface area (Å²) >= 11 is 12.3. The summed E-state index contributed by atoms with van der Waals surface area (Å²) in [5, 5.41) is 4.35. The second-order valence-corrected chi connectivity index (χ2v) is 6.47. The lowest BCUT2D eigenvalue weighted by Crippen LogP contribution is -2.46. The Morgan fingerprint density at radius 3 is 2.38 bits per heavy atom. The maximum atomic E-state index is 12.7. The average Bonchev–Trinajstić information content (AvgIpc) is 2.54. The van der Waals surface area contributed by atoms with Gasteiger partial charge in [0.2, 0.25) is 0 Å². The summed E-state index contributed by atoms with van der Waals surface area (Å²) in [5.74, 6) is 0. The van der Waals surface area contributed by atoms with Crippen molar-refractivity contribution in [2.45, 2.75) is 12.2 Å². The lowest BCUT2D eigenvalue weighted by Gasteiger charge is -2.39. The molecule has 1 heterocycles. The number of benzene rings is 2. The Balaban J connectivity index is 1.92. The fraction of sp³-hybridized carbons (Fsp3) is 0.294. The van der Waals surface area contributed by atoms with Crippen molar-refractivity contribution in [3.63, 3.8) is 0 Å². The van der Waals surface area contributed by atoms with Gasteiger partial charge in [0, 0.05) is 24.7 Å². The van der Waals surface area contributed by atoms with Crippen LogP contribution in [-0.2, 0) is 6.18 Å². The first-order valence-corrected chi connectivity index (χ1v) is 8.21. The summed E-state index contributed by atoms with van der Waals surface area (Å²) in [7, 11) is 0. The van der Waals surface area contributed by atoms with Crippen LogP contribution in [0.5, 0.6) is 0 Å². The molecule has 1 N–H and O–H groups in total. The van der Waals surface area contributed by atoms with Gasteiger partial charge in [-0.25, -0.2) is 0 Å². The molecule has 128 valence electrons. The van der Waals surface area contributed by atoms with Crippen LogP contribution < -0.4 is 10.2 Å². The van der Waals surface area contributed by atoms with E-state index in [1.54, 1.807) is 12.1 Å². The monoisotopic (exact) mass is 374 g/mol. The van der Waals surface area contributed by atoms with E-state index in [0.29, 0.717) is 23.1 Å². The molecule has 0 aromatic heterocycles. The van der Waals surface area contributed by atoms with Crippen molar-refractivity contribution in [1.29, 1.82) is 0 Å². The zero-order valence-electron chi connectivity index (χ0n) is 12.6. The summed E-state index contributed by atoms with van der Waals surface area (Å²) in [5.41, 5.74) is 0.986. The Bertz CT molecular complexity index is 717. The number of rotatable bonds is 2. The minimum atomic E-state index is -4.33. The molecule has 1 fully saturated rings. The Morgan fingerprint density at radius 1 is 1.04 bits per heavy atom. The molecule has 2 aromatic carbocycles. The summed E-state index contributed by atoms with van der Waals surface area (Å²) in [6, 6.07) is 10.5. The van der Waals surface area contributed by atoms with Crippen LogP contribution in [0.3, 0.4) is 0 Å². The summed E-state index contributed by atoms with van der Waals surface area (Å²) in [6.45, 7) is 2.10. The SMILES string of the molecule is FC(F)(F)c1ccc(C2CNCCN2c2ccc(Cl)cc2Cl)cc1. The van der Waals surface area contributed by atoms with Gasteiger partial charge in [0.25, 0.3) is 0 Å². The number of hydrogen-bond acceptors (Lipinski definition) is 2. The summed E-state index contributed by atoms with van der Waals surface area (Å²) in [6.07, 6.45) is -4.33. The maximum Gasteiger partial charge on any atom is 0.416 e. The molecule has 7 heteroatoms. The lowest BCUT2D eigenvalue weighted by molar-refractivity contribution is -0.137. The van der Waals surface area contributed by atoms with Gasteiger partial charge in [-0.3, -0.25) is 0 Å². The number of alkyl halides is 3. The number of anilines is 1. The topological polar surface area (TPSA) is 15.3 Å². The highest BCUT2D eigenvalue weighted by Crippen LogP contribution is 2.36. The molecule has 3 rings (SSSR count). The van der Waals surface area contributed by atoms with E-state index in [0.717, 1.165) is 29.9 Å². The van der Waals surface area contributed by atoms with E-state index in [4.69, 9.17) is 23.2 Å². The second-order valence-electron chi connectivity index (χ2n) is 5.63. The van der Waals surface area contributed by atoms with Crippen molar-refractivity contribution >= 4 is 28.9 Å². The highest BCUT2D eigenvalue weighted by Gasteiger charge is 2.31. The Hall–Kier alpha value is -1.43. The van der Waals surface area contributed by atoms with Crippen LogP contribution >= 0.6 is 23.2 Å². The van der Waals surface area contributed by atoms with Crippen LogP contribution in [0, 0.1) is 0 Å². The third-order valence-electron chi connectivity index (χ3n) is 4.09. The molecule has 2 nitrogen and oxygen atoms in total. The van der Waals surface area contributed by atoms with Gasteiger partial charge in [-0.05, 0) is 35.9 Å². The molecule has 2 aromatic rings. The minimum absolute atomic E-state index is 0.0975. The van der Waals surface area contributed by atoms with Gasteiger partial charge >= 0.3 is 6.18 Å². The van der Waals surface area contributed by atoms with Crippen molar-refractivity contribution in [3.05, 3.63) is 63.6 Å². The van der Waals surface area contributed by atoms with Crippen LogP contribution in [0.4, 0.5) is 18.9 Å². The fourth-order valence-electron chi connectivity index (χ4n) is 2.90. The molecule has 0 spiro atoms. The van der Waals surface area contributed by atoms with E-state index in [1.165, 1.54) is 12.1 Å². The molecule has 0 radical (unpaired) electrons. The zero-order chi connectivity index (χ0) is 17.3. The molecule has 0 saturated carbocycles. The van der Waals surface area contributed by atoms with Crippen molar-refractivity contribution in [2.75, 3.05) is 24.5 Å². The number of piperazine rings is 1. The van der Waals surface area contributed by atoms with Crippen molar-refractivity contribution in [2.24, 2.45) is 0 Å². The van der Waals surface area contributed by atoms with Crippen molar-refractivity contribution in [3.8, 4) is 0 Å². The minimum Gasteiger partial charge on any atom is -0.361 e. The Kier molecular flexibility index (Phi) is 4.95. The third kappa shape index (κ3) is 3.63. The van der Waals surface area contributed by atoms with Crippen LogP contribution in [0.25, 0.3) is 0 Å². The molecule has 1 atom stereocenters. The van der Waals surface area contributed by atoms with Crippen molar-refractivity contribution < 1.29 is 13.2 Å². The average molecular weight is 375 g/mol. The number of hydrogen-bond donors (Lipinski definition) is 1. The highest BCUT2D eigenvalue weighted by atomic mass is 35.5. The van der Waals surface area contributed by atoms with Gasteiger partial charge in [-0.15, -0.1) is 0 Å². The van der Waals surface area contributed by atoms with Crippen molar-refractivity contribution in [1.82, 2.24) is 5.32 Å². The maximum absolute atomic E-state index is 12.7. The number of halogens is 5. The first-order valence-electron chi connectivity index (χ1n) is 7.46. The Labute approximate surface area is 148 Å². The van der Waals surface area contributed by atoms with Gasteiger partial charge in [0.1, 0.15) is 0 Å². The molecule has 24 heavy (non-hydrogen) atoms. The summed E-state index contributed by atoms with van der Waals surface area (Å²) < 4.78 is 38.2. The number of nitrogens with one attached hydrogen (secondary N) is 1. The van der Waals surface area contributed by atoms with Crippen LogP contribution in [0.1, 0.15) is 17.2 Å². The predicted octanol–water partition coefficient (Wildman–Crippen LogP) is 5.16. The molecule has 0 amide bonds. The van der Waals surface area contributed by atoms with Gasteiger partial charge in [0.15, 0.2) is 0 Å². The molecule has 1 aliphatic heterocycles. The zero-order valence-corrected chi connectivity index (χ0v) is 14.1. The Morgan fingerprint density at radius 2 is 1.75 bits per heavy atom.